The topological polar surface area (TPSA) is 3.24 Å². The molecule has 0 amide bonds. The minimum Gasteiger partial charge on any atom is -0.351 e. The van der Waals surface area contributed by atoms with Crippen LogP contribution in [-0.4, -0.2) is 7.05 Å². The van der Waals surface area contributed by atoms with Crippen LogP contribution in [0.25, 0.3) is 12.2 Å². The summed E-state index contributed by atoms with van der Waals surface area (Å²) < 4.78 is 14.7. The van der Waals surface area contributed by atoms with E-state index >= 15 is 0 Å². The number of rotatable bonds is 8. The summed E-state index contributed by atoms with van der Waals surface area (Å²) in [5.74, 6) is 3.52. The molecule has 1 fully saturated rings. The van der Waals surface area contributed by atoms with Gasteiger partial charge < -0.3 is 4.90 Å². The molecule has 0 saturated heterocycles. The molecule has 1 unspecified atom stereocenters. The van der Waals surface area contributed by atoms with E-state index in [1.807, 2.05) is 19.3 Å². The number of hydrogen-bond donors (Lipinski definition) is 0. The predicted molar refractivity (Wildman–Crippen MR) is 127 cm³/mol. The molecule has 1 aliphatic carbocycles. The lowest BCUT2D eigenvalue weighted by atomic mass is 9.91. The van der Waals surface area contributed by atoms with Crippen molar-refractivity contribution in [3.63, 3.8) is 0 Å². The molecule has 0 spiro atoms. The maximum Gasteiger partial charge on any atom is 0.131 e. The molecule has 0 N–H and O–H groups in total. The Balaban J connectivity index is 1.99. The number of hydrogen-bond acceptors (Lipinski definition) is 1. The fourth-order valence-electron chi connectivity index (χ4n) is 3.88. The molecular weight excluding hydrogens is 369 g/mol. The molecule has 0 bridgehead atoms. The molecule has 1 atom stereocenters. The Morgan fingerprint density at radius 2 is 2.10 bits per heavy atom. The fourth-order valence-corrected chi connectivity index (χ4v) is 3.88. The summed E-state index contributed by atoms with van der Waals surface area (Å²) in [6, 6.07) is 10.1. The van der Waals surface area contributed by atoms with Crippen molar-refractivity contribution in [2.75, 3.05) is 11.9 Å². The average molecular weight is 400 g/mol. The van der Waals surface area contributed by atoms with Gasteiger partial charge in [-0.15, -0.1) is 18.1 Å². The summed E-state index contributed by atoms with van der Waals surface area (Å²) in [5, 5.41) is 0. The van der Waals surface area contributed by atoms with E-state index in [0.29, 0.717) is 23.8 Å². The van der Waals surface area contributed by atoms with Crippen LogP contribution in [0, 0.1) is 18.2 Å². The molecule has 1 aliphatic rings. The van der Waals surface area contributed by atoms with Gasteiger partial charge in [0.2, 0.25) is 0 Å². The Kier molecular flexibility index (Phi) is 6.99. The summed E-state index contributed by atoms with van der Waals surface area (Å²) >= 11 is 0. The van der Waals surface area contributed by atoms with Crippen molar-refractivity contribution in [3.05, 3.63) is 82.5 Å². The third-order valence-electron chi connectivity index (χ3n) is 5.95. The van der Waals surface area contributed by atoms with E-state index < -0.39 is 0 Å². The maximum atomic E-state index is 14.7. The van der Waals surface area contributed by atoms with Gasteiger partial charge in [0.05, 0.1) is 0 Å². The van der Waals surface area contributed by atoms with Crippen molar-refractivity contribution >= 4 is 17.8 Å². The SMILES string of the molecule is C#CCc1c(C(C)CC)cccc1N(C)/C=C\c1cc(C2CC2)cc(F)c1C=C=C. The Morgan fingerprint density at radius 3 is 2.73 bits per heavy atom. The molecule has 2 aromatic rings. The van der Waals surface area contributed by atoms with Crippen LogP contribution in [0.2, 0.25) is 0 Å². The fraction of sp³-hybridized carbons (Fsp3) is 0.321. The highest BCUT2D eigenvalue weighted by molar-refractivity contribution is 5.69. The molecule has 1 saturated carbocycles. The van der Waals surface area contributed by atoms with Gasteiger partial charge in [0.25, 0.3) is 0 Å². The smallest absolute Gasteiger partial charge is 0.131 e. The van der Waals surface area contributed by atoms with Crippen LogP contribution >= 0.6 is 0 Å². The van der Waals surface area contributed by atoms with Crippen LogP contribution in [0.4, 0.5) is 10.1 Å². The molecule has 0 aliphatic heterocycles. The van der Waals surface area contributed by atoms with Crippen molar-refractivity contribution in [2.24, 2.45) is 0 Å². The predicted octanol–water partition coefficient (Wildman–Crippen LogP) is 7.30. The van der Waals surface area contributed by atoms with E-state index in [0.717, 1.165) is 36.1 Å². The lowest BCUT2D eigenvalue weighted by molar-refractivity contribution is 0.622. The zero-order valence-corrected chi connectivity index (χ0v) is 18.2. The summed E-state index contributed by atoms with van der Waals surface area (Å²) in [6.07, 6.45) is 15.2. The van der Waals surface area contributed by atoms with E-state index in [-0.39, 0.29) is 5.82 Å². The van der Waals surface area contributed by atoms with Gasteiger partial charge >= 0.3 is 0 Å². The summed E-state index contributed by atoms with van der Waals surface area (Å²) in [4.78, 5) is 2.07. The van der Waals surface area contributed by atoms with Gasteiger partial charge in [0.1, 0.15) is 5.82 Å². The van der Waals surface area contributed by atoms with Gasteiger partial charge in [-0.1, -0.05) is 38.6 Å². The van der Waals surface area contributed by atoms with Crippen LogP contribution < -0.4 is 4.90 Å². The summed E-state index contributed by atoms with van der Waals surface area (Å²) in [6.45, 7) is 8.04. The summed E-state index contributed by atoms with van der Waals surface area (Å²) in [5.41, 5.74) is 8.72. The lowest BCUT2D eigenvalue weighted by Crippen LogP contribution is -2.12. The van der Waals surface area contributed by atoms with E-state index in [1.165, 1.54) is 11.1 Å². The normalized spacial score (nSPS) is 14.2. The van der Waals surface area contributed by atoms with Crippen molar-refractivity contribution < 1.29 is 4.39 Å². The van der Waals surface area contributed by atoms with Crippen molar-refractivity contribution in [3.8, 4) is 12.3 Å². The van der Waals surface area contributed by atoms with Crippen molar-refractivity contribution in [2.45, 2.75) is 51.4 Å². The molecule has 154 valence electrons. The van der Waals surface area contributed by atoms with Gasteiger partial charge in [-0.2, -0.15) is 0 Å². The van der Waals surface area contributed by atoms with Gasteiger partial charge in [0, 0.05) is 30.9 Å². The second-order valence-electron chi connectivity index (χ2n) is 8.09. The second kappa shape index (κ2) is 9.66. The highest BCUT2D eigenvalue weighted by Gasteiger charge is 2.25. The molecule has 3 rings (SSSR count). The molecule has 2 heteroatoms. The Morgan fingerprint density at radius 1 is 1.33 bits per heavy atom. The second-order valence-corrected chi connectivity index (χ2v) is 8.09. The first kappa shape index (κ1) is 21.7. The Labute approximate surface area is 180 Å². The molecular formula is C28H30FN. The Hall–Kier alpha value is -3.01. The van der Waals surface area contributed by atoms with Crippen LogP contribution in [0.15, 0.2) is 48.8 Å². The molecule has 0 aromatic heterocycles. The number of nitrogens with zero attached hydrogens (tertiary/aromatic N) is 1. The van der Waals surface area contributed by atoms with Gasteiger partial charge in [-0.3, -0.25) is 0 Å². The molecule has 1 nitrogen and oxygen atoms in total. The van der Waals surface area contributed by atoms with E-state index in [9.17, 15) is 4.39 Å². The van der Waals surface area contributed by atoms with Crippen molar-refractivity contribution in [1.82, 2.24) is 0 Å². The van der Waals surface area contributed by atoms with Gasteiger partial charge in [0.15, 0.2) is 0 Å². The highest BCUT2D eigenvalue weighted by atomic mass is 19.1. The van der Waals surface area contributed by atoms with E-state index in [1.54, 1.807) is 12.1 Å². The highest BCUT2D eigenvalue weighted by Crippen LogP contribution is 2.41. The first-order valence-corrected chi connectivity index (χ1v) is 10.7. The maximum absolute atomic E-state index is 14.7. The molecule has 30 heavy (non-hydrogen) atoms. The first-order chi connectivity index (χ1) is 14.5. The van der Waals surface area contributed by atoms with Crippen LogP contribution in [0.1, 0.15) is 72.8 Å². The monoisotopic (exact) mass is 399 g/mol. The minimum absolute atomic E-state index is 0.218. The number of halogens is 1. The van der Waals surface area contributed by atoms with E-state index in [2.05, 4.69) is 61.2 Å². The van der Waals surface area contributed by atoms with Crippen LogP contribution in [0.3, 0.4) is 0 Å². The first-order valence-electron chi connectivity index (χ1n) is 10.7. The number of anilines is 1. The molecule has 0 radical (unpaired) electrons. The third-order valence-corrected chi connectivity index (χ3v) is 5.95. The van der Waals surface area contributed by atoms with Gasteiger partial charge in [-0.25, -0.2) is 4.39 Å². The average Bonchev–Trinajstić information content (AvgIpc) is 3.59. The van der Waals surface area contributed by atoms with Gasteiger partial charge in [-0.05, 0) is 77.6 Å². The van der Waals surface area contributed by atoms with Crippen LogP contribution in [-0.2, 0) is 6.42 Å². The minimum atomic E-state index is -0.218. The quantitative estimate of drug-likeness (QED) is 0.332. The lowest BCUT2D eigenvalue weighted by Gasteiger charge is -2.23. The van der Waals surface area contributed by atoms with Crippen LogP contribution in [0.5, 0.6) is 0 Å². The third kappa shape index (κ3) is 4.76. The molecule has 0 heterocycles. The van der Waals surface area contributed by atoms with Crippen molar-refractivity contribution in [1.29, 1.82) is 0 Å². The Bertz CT molecular complexity index is 1030. The summed E-state index contributed by atoms with van der Waals surface area (Å²) in [7, 11) is 2.01. The molecule has 2 aromatic carbocycles. The zero-order chi connectivity index (χ0) is 21.7. The standard InChI is InChI=1S/C28H30FN/c1-6-10-25-22(18-23(19-27(25)29)21-14-15-21)16-17-30(5)28-13-9-12-24(20(4)8-3)26(28)11-7-2/h2,9-10,12-13,16-21H,1,8,11,14-15H2,3-5H3/b17-16-. The zero-order valence-electron chi connectivity index (χ0n) is 18.2. The number of benzene rings is 2. The largest absolute Gasteiger partial charge is 0.351 e. The number of terminal acetylenes is 1. The van der Waals surface area contributed by atoms with E-state index in [4.69, 9.17) is 6.42 Å².